The maximum Gasteiger partial charge on any atom is 0.329 e. The van der Waals surface area contributed by atoms with E-state index in [1.807, 2.05) is 66.7 Å². The second-order valence-corrected chi connectivity index (χ2v) is 10.3. The summed E-state index contributed by atoms with van der Waals surface area (Å²) in [6, 6.07) is 23.6. The molecule has 12 nitrogen and oxygen atoms in total. The molecule has 4 amide bonds. The number of hydrogen-bond acceptors (Lipinski definition) is 9. The Morgan fingerprint density at radius 2 is 1.53 bits per heavy atom. The van der Waals surface area contributed by atoms with E-state index in [4.69, 9.17) is 15.5 Å². The summed E-state index contributed by atoms with van der Waals surface area (Å²) in [6.45, 7) is 3.92. The minimum atomic E-state index is -0.537. The van der Waals surface area contributed by atoms with E-state index in [1.54, 1.807) is 12.1 Å². The smallest absolute Gasteiger partial charge is 0.329 e. The van der Waals surface area contributed by atoms with Crippen LogP contribution in [0.3, 0.4) is 0 Å². The van der Waals surface area contributed by atoms with Crippen molar-refractivity contribution in [2.75, 3.05) is 42.5 Å². The maximum atomic E-state index is 12.2. The number of aromatic nitrogens is 3. The van der Waals surface area contributed by atoms with Crippen LogP contribution in [0.15, 0.2) is 78.9 Å². The molecular formula is C31H30N8O4. The number of nitrogens with two attached hydrogens (primary N) is 1. The molecule has 4 aromatic rings. The number of carbonyl (C=O) groups is 3. The third-order valence-corrected chi connectivity index (χ3v) is 7.37. The van der Waals surface area contributed by atoms with E-state index in [9.17, 15) is 14.4 Å². The number of pyridine rings is 1. The molecule has 0 aliphatic carbocycles. The third kappa shape index (κ3) is 6.44. The standard InChI is InChI=1S/C31H30N8O4/c32-30(41)25-11-13-26(33-29(25)21-6-9-24(10-7-21)43-23-4-2-1-3-5-23)38-18-16-37(17-19-38)20-22-8-12-27(36-35-22)39-15-14-28(40)34-31(39)42/h1-13H,14-20H2,(H2,32,41)(H,34,40,42). The predicted octanol–water partition coefficient (Wildman–Crippen LogP) is 3.20. The van der Waals surface area contributed by atoms with E-state index in [0.29, 0.717) is 29.4 Å². The van der Waals surface area contributed by atoms with Crippen LogP contribution in [0.25, 0.3) is 11.3 Å². The number of urea groups is 1. The van der Waals surface area contributed by atoms with Crippen molar-refractivity contribution in [3.63, 3.8) is 0 Å². The van der Waals surface area contributed by atoms with E-state index in [1.165, 1.54) is 4.90 Å². The Balaban J connectivity index is 1.09. The molecule has 43 heavy (non-hydrogen) atoms. The van der Waals surface area contributed by atoms with Gasteiger partial charge in [0, 0.05) is 51.3 Å². The zero-order chi connectivity index (χ0) is 29.8. The lowest BCUT2D eigenvalue weighted by Crippen LogP contribution is -2.50. The van der Waals surface area contributed by atoms with Crippen molar-refractivity contribution in [2.45, 2.75) is 13.0 Å². The van der Waals surface area contributed by atoms with Crippen LogP contribution in [-0.2, 0) is 11.3 Å². The van der Waals surface area contributed by atoms with Gasteiger partial charge in [-0.1, -0.05) is 18.2 Å². The van der Waals surface area contributed by atoms with Crippen LogP contribution in [0.1, 0.15) is 22.5 Å². The number of amides is 4. The molecular weight excluding hydrogens is 548 g/mol. The number of anilines is 2. The summed E-state index contributed by atoms with van der Waals surface area (Å²) in [5, 5.41) is 10.8. The maximum absolute atomic E-state index is 12.2. The van der Waals surface area contributed by atoms with Gasteiger partial charge in [-0.2, -0.15) is 5.10 Å². The van der Waals surface area contributed by atoms with E-state index in [-0.39, 0.29) is 18.9 Å². The van der Waals surface area contributed by atoms with E-state index >= 15 is 0 Å². The zero-order valence-corrected chi connectivity index (χ0v) is 23.3. The van der Waals surface area contributed by atoms with Gasteiger partial charge < -0.3 is 15.4 Å². The number of benzene rings is 2. The summed E-state index contributed by atoms with van der Waals surface area (Å²) in [6.07, 6.45) is 0.233. The summed E-state index contributed by atoms with van der Waals surface area (Å²) < 4.78 is 5.90. The fraction of sp³-hybridized carbons (Fsp3) is 0.226. The zero-order valence-electron chi connectivity index (χ0n) is 23.3. The molecule has 0 unspecified atom stereocenters. The van der Waals surface area contributed by atoms with Crippen molar-refractivity contribution in [1.29, 1.82) is 0 Å². The number of para-hydroxylation sites is 1. The topological polar surface area (TPSA) is 147 Å². The lowest BCUT2D eigenvalue weighted by Gasteiger charge is -2.35. The normalized spacial score (nSPS) is 15.7. The first-order valence-electron chi connectivity index (χ1n) is 14.0. The second kappa shape index (κ2) is 12.2. The molecule has 2 aliphatic rings. The summed E-state index contributed by atoms with van der Waals surface area (Å²) in [4.78, 5) is 46.4. The van der Waals surface area contributed by atoms with Crippen LogP contribution in [0, 0.1) is 0 Å². The number of nitrogens with zero attached hydrogens (tertiary/aromatic N) is 6. The molecule has 2 aromatic heterocycles. The lowest BCUT2D eigenvalue weighted by atomic mass is 10.0. The minimum absolute atomic E-state index is 0.233. The number of imide groups is 1. The Kier molecular flexibility index (Phi) is 7.92. The van der Waals surface area contributed by atoms with Gasteiger partial charge in [-0.3, -0.25) is 24.7 Å². The van der Waals surface area contributed by atoms with E-state index in [0.717, 1.165) is 49.0 Å². The molecule has 0 saturated carbocycles. The number of ether oxygens (including phenoxy) is 1. The summed E-state index contributed by atoms with van der Waals surface area (Å²) in [7, 11) is 0. The van der Waals surface area contributed by atoms with Gasteiger partial charge in [0.25, 0.3) is 5.91 Å². The van der Waals surface area contributed by atoms with Crippen LogP contribution in [0.2, 0.25) is 0 Å². The van der Waals surface area contributed by atoms with E-state index in [2.05, 4.69) is 25.3 Å². The van der Waals surface area contributed by atoms with Crippen LogP contribution in [-0.4, -0.2) is 70.7 Å². The number of piperazine rings is 1. The predicted molar refractivity (Wildman–Crippen MR) is 160 cm³/mol. The highest BCUT2D eigenvalue weighted by atomic mass is 16.5. The molecule has 3 N–H and O–H groups in total. The highest BCUT2D eigenvalue weighted by Gasteiger charge is 2.26. The molecule has 4 heterocycles. The molecule has 218 valence electrons. The first-order chi connectivity index (χ1) is 20.9. The molecule has 2 fully saturated rings. The van der Waals surface area contributed by atoms with Gasteiger partial charge >= 0.3 is 6.03 Å². The highest BCUT2D eigenvalue weighted by Crippen LogP contribution is 2.29. The Bertz CT molecular complexity index is 1620. The van der Waals surface area contributed by atoms with Gasteiger partial charge in [0.05, 0.1) is 17.0 Å². The molecule has 0 atom stereocenters. The largest absolute Gasteiger partial charge is 0.457 e. The van der Waals surface area contributed by atoms with Crippen LogP contribution in [0.4, 0.5) is 16.4 Å². The van der Waals surface area contributed by atoms with Gasteiger partial charge in [-0.15, -0.1) is 5.10 Å². The molecule has 0 radical (unpaired) electrons. The van der Waals surface area contributed by atoms with E-state index < -0.39 is 11.9 Å². The molecule has 0 spiro atoms. The minimum Gasteiger partial charge on any atom is -0.457 e. The molecule has 2 aromatic carbocycles. The first-order valence-corrected chi connectivity index (χ1v) is 14.0. The van der Waals surface area contributed by atoms with Crippen LogP contribution < -0.4 is 25.6 Å². The average molecular weight is 579 g/mol. The number of nitrogens with one attached hydrogen (secondary N) is 1. The summed E-state index contributed by atoms with van der Waals surface area (Å²) >= 11 is 0. The number of rotatable bonds is 8. The summed E-state index contributed by atoms with van der Waals surface area (Å²) in [5.41, 5.74) is 8.14. The monoisotopic (exact) mass is 578 g/mol. The van der Waals surface area contributed by atoms with Crippen molar-refractivity contribution < 1.29 is 19.1 Å². The Hall–Kier alpha value is -5.36. The molecule has 12 heteroatoms. The Labute approximate surface area is 248 Å². The van der Waals surface area contributed by atoms with Crippen LogP contribution in [0.5, 0.6) is 11.5 Å². The fourth-order valence-electron chi connectivity index (χ4n) is 5.08. The van der Waals surface area contributed by atoms with Crippen molar-refractivity contribution in [2.24, 2.45) is 5.73 Å². The Morgan fingerprint density at radius 3 is 2.21 bits per heavy atom. The summed E-state index contributed by atoms with van der Waals surface area (Å²) in [5.74, 6) is 1.77. The lowest BCUT2D eigenvalue weighted by molar-refractivity contribution is -0.120. The molecule has 0 bridgehead atoms. The van der Waals surface area contributed by atoms with Gasteiger partial charge in [0.15, 0.2) is 5.82 Å². The third-order valence-electron chi connectivity index (χ3n) is 7.37. The van der Waals surface area contributed by atoms with Crippen molar-refractivity contribution in [3.8, 4) is 22.8 Å². The second-order valence-electron chi connectivity index (χ2n) is 10.3. The van der Waals surface area contributed by atoms with Crippen molar-refractivity contribution >= 4 is 29.5 Å². The van der Waals surface area contributed by atoms with Crippen LogP contribution >= 0.6 is 0 Å². The SMILES string of the molecule is NC(=O)c1ccc(N2CCN(Cc3ccc(N4CCC(=O)NC4=O)nn3)CC2)nc1-c1ccc(Oc2ccccc2)cc1. The van der Waals surface area contributed by atoms with Gasteiger partial charge in [0.2, 0.25) is 5.91 Å². The quantitative estimate of drug-likeness (QED) is 0.322. The van der Waals surface area contributed by atoms with Gasteiger partial charge in [0.1, 0.15) is 17.3 Å². The number of carbonyl (C=O) groups excluding carboxylic acids is 3. The molecule has 2 aliphatic heterocycles. The van der Waals surface area contributed by atoms with Gasteiger partial charge in [-0.25, -0.2) is 9.78 Å². The van der Waals surface area contributed by atoms with Crippen molar-refractivity contribution in [1.82, 2.24) is 25.4 Å². The molecule has 6 rings (SSSR count). The number of hydrogen-bond donors (Lipinski definition) is 2. The Morgan fingerprint density at radius 1 is 0.814 bits per heavy atom. The molecule has 2 saturated heterocycles. The number of primary amides is 1. The van der Waals surface area contributed by atoms with Gasteiger partial charge in [-0.05, 0) is 60.7 Å². The average Bonchev–Trinajstić information content (AvgIpc) is 3.03. The first kappa shape index (κ1) is 27.8. The van der Waals surface area contributed by atoms with Crippen molar-refractivity contribution in [3.05, 3.63) is 90.1 Å². The fourth-order valence-corrected chi connectivity index (χ4v) is 5.08. The highest BCUT2D eigenvalue weighted by molar-refractivity contribution is 6.05.